The SMILES string of the molecule is Cn1c(C(C)(C)C)c/c(=N\C(=O)c2cc(C(F)(F)F)ccc2OCCNS(=O)(=O)C2CC2)n1C[C@H]1CCCO1. The highest BCUT2D eigenvalue weighted by Gasteiger charge is 2.35. The number of nitrogens with zero attached hydrogens (tertiary/aromatic N) is 3. The molecule has 0 radical (unpaired) electrons. The number of aromatic nitrogens is 2. The summed E-state index contributed by atoms with van der Waals surface area (Å²) in [6, 6.07) is 4.35. The second-order valence-corrected chi connectivity index (χ2v) is 13.0. The van der Waals surface area contributed by atoms with E-state index in [4.69, 9.17) is 9.47 Å². The van der Waals surface area contributed by atoms with E-state index in [-0.39, 0.29) is 36.0 Å². The predicted molar refractivity (Wildman–Crippen MR) is 138 cm³/mol. The van der Waals surface area contributed by atoms with Crippen LogP contribution in [0.3, 0.4) is 0 Å². The molecule has 39 heavy (non-hydrogen) atoms. The number of halogens is 3. The topological polar surface area (TPSA) is 104 Å². The van der Waals surface area contributed by atoms with E-state index in [0.717, 1.165) is 30.7 Å². The third-order valence-electron chi connectivity index (χ3n) is 6.79. The fraction of sp³-hybridized carbons (Fsp3) is 0.615. The lowest BCUT2D eigenvalue weighted by molar-refractivity contribution is -0.137. The van der Waals surface area contributed by atoms with Gasteiger partial charge >= 0.3 is 6.18 Å². The number of carbonyl (C=O) groups excluding carboxylic acids is 1. The Bertz CT molecular complexity index is 1380. The van der Waals surface area contributed by atoms with Gasteiger partial charge in [0.25, 0.3) is 5.91 Å². The molecule has 1 saturated heterocycles. The summed E-state index contributed by atoms with van der Waals surface area (Å²) in [6.45, 7) is 6.87. The van der Waals surface area contributed by atoms with Crippen molar-refractivity contribution in [2.75, 3.05) is 19.8 Å². The summed E-state index contributed by atoms with van der Waals surface area (Å²) in [5.41, 5.74) is -0.487. The van der Waals surface area contributed by atoms with Crippen LogP contribution in [-0.4, -0.2) is 54.8 Å². The number of amides is 1. The number of hydrogen-bond donors (Lipinski definition) is 1. The highest BCUT2D eigenvalue weighted by atomic mass is 32.2. The number of carbonyl (C=O) groups is 1. The van der Waals surface area contributed by atoms with Gasteiger partial charge in [-0.1, -0.05) is 20.8 Å². The molecule has 2 aromatic rings. The third kappa shape index (κ3) is 7.12. The first-order chi connectivity index (χ1) is 18.2. The number of nitrogens with one attached hydrogen (secondary N) is 1. The lowest BCUT2D eigenvalue weighted by Crippen LogP contribution is -2.31. The molecule has 1 aromatic heterocycles. The lowest BCUT2D eigenvalue weighted by atomic mass is 9.92. The van der Waals surface area contributed by atoms with Crippen molar-refractivity contribution in [3.05, 3.63) is 46.6 Å². The molecule has 9 nitrogen and oxygen atoms in total. The molecular weight excluding hydrogens is 537 g/mol. The molecule has 0 bridgehead atoms. The van der Waals surface area contributed by atoms with Crippen molar-refractivity contribution >= 4 is 15.9 Å². The minimum absolute atomic E-state index is 0.0626. The molecule has 1 aromatic carbocycles. The van der Waals surface area contributed by atoms with E-state index in [1.807, 2.05) is 32.5 Å². The summed E-state index contributed by atoms with van der Waals surface area (Å²) >= 11 is 0. The van der Waals surface area contributed by atoms with E-state index >= 15 is 0 Å². The zero-order chi connectivity index (χ0) is 28.6. The van der Waals surface area contributed by atoms with Gasteiger partial charge in [0.05, 0.1) is 29.0 Å². The Morgan fingerprint density at radius 3 is 2.49 bits per heavy atom. The van der Waals surface area contributed by atoms with Crippen LogP contribution in [0, 0.1) is 0 Å². The fourth-order valence-corrected chi connectivity index (χ4v) is 5.93. The van der Waals surface area contributed by atoms with Gasteiger partial charge in [0.1, 0.15) is 12.4 Å². The second-order valence-electron chi connectivity index (χ2n) is 11.0. The van der Waals surface area contributed by atoms with Gasteiger partial charge in [-0.3, -0.25) is 14.2 Å². The molecule has 4 rings (SSSR count). The quantitative estimate of drug-likeness (QED) is 0.463. The van der Waals surface area contributed by atoms with Crippen molar-refractivity contribution in [1.82, 2.24) is 14.1 Å². The van der Waals surface area contributed by atoms with Crippen LogP contribution in [0.25, 0.3) is 0 Å². The summed E-state index contributed by atoms with van der Waals surface area (Å²) in [6.07, 6.45) is -1.77. The number of sulfonamides is 1. The first-order valence-electron chi connectivity index (χ1n) is 13.0. The van der Waals surface area contributed by atoms with Crippen molar-refractivity contribution < 1.29 is 35.9 Å². The zero-order valence-corrected chi connectivity index (χ0v) is 23.4. The van der Waals surface area contributed by atoms with Crippen LogP contribution in [0.2, 0.25) is 0 Å². The number of rotatable bonds is 9. The maximum absolute atomic E-state index is 13.5. The third-order valence-corrected chi connectivity index (χ3v) is 8.75. The van der Waals surface area contributed by atoms with Crippen LogP contribution < -0.4 is 14.9 Å². The summed E-state index contributed by atoms with van der Waals surface area (Å²) < 4.78 is 82.0. The minimum Gasteiger partial charge on any atom is -0.491 e. The van der Waals surface area contributed by atoms with Crippen LogP contribution >= 0.6 is 0 Å². The Hall–Kier alpha value is -2.64. The summed E-state index contributed by atoms with van der Waals surface area (Å²) in [5, 5.41) is -0.412. The van der Waals surface area contributed by atoms with E-state index in [0.29, 0.717) is 37.5 Å². The number of alkyl halides is 3. The molecule has 1 aliphatic heterocycles. The minimum atomic E-state index is -4.68. The van der Waals surface area contributed by atoms with Gasteiger partial charge in [-0.25, -0.2) is 13.1 Å². The molecule has 1 N–H and O–H groups in total. The standard InChI is InChI=1S/C26H35F3N4O5S/c1-25(2,3)22-15-23(33(32(22)4)16-18-6-5-12-37-18)31-24(34)20-14-17(26(27,28)29)7-10-21(20)38-13-11-30-39(35,36)19-8-9-19/h7,10,14-15,18-19,30H,5-6,8-9,11-13,16H2,1-4H3/b31-23+/t18-/m1/s1. The average Bonchev–Trinajstić information content (AvgIpc) is 3.51. The highest BCUT2D eigenvalue weighted by molar-refractivity contribution is 7.90. The molecule has 2 fully saturated rings. The van der Waals surface area contributed by atoms with Crippen LogP contribution in [0.5, 0.6) is 5.75 Å². The molecule has 0 spiro atoms. The van der Waals surface area contributed by atoms with Crippen LogP contribution in [0.4, 0.5) is 13.2 Å². The van der Waals surface area contributed by atoms with E-state index < -0.39 is 32.9 Å². The summed E-state index contributed by atoms with van der Waals surface area (Å²) in [4.78, 5) is 17.6. The molecule has 1 saturated carbocycles. The van der Waals surface area contributed by atoms with Gasteiger partial charge in [0.15, 0.2) is 5.49 Å². The molecular formula is C26H35F3N4O5S. The molecule has 1 amide bonds. The van der Waals surface area contributed by atoms with Gasteiger partial charge in [-0.05, 0) is 43.9 Å². The molecule has 1 aliphatic carbocycles. The van der Waals surface area contributed by atoms with E-state index in [9.17, 15) is 26.4 Å². The summed E-state index contributed by atoms with van der Waals surface area (Å²) in [7, 11) is -1.60. The zero-order valence-electron chi connectivity index (χ0n) is 22.5. The van der Waals surface area contributed by atoms with Crippen molar-refractivity contribution in [3.63, 3.8) is 0 Å². The predicted octanol–water partition coefficient (Wildman–Crippen LogP) is 3.52. The smallest absolute Gasteiger partial charge is 0.416 e. The molecule has 2 aliphatic rings. The monoisotopic (exact) mass is 572 g/mol. The molecule has 216 valence electrons. The van der Waals surface area contributed by atoms with Crippen molar-refractivity contribution in [2.45, 2.75) is 75.9 Å². The maximum atomic E-state index is 13.5. The van der Waals surface area contributed by atoms with Gasteiger partial charge < -0.3 is 9.47 Å². The molecule has 0 unspecified atom stereocenters. The maximum Gasteiger partial charge on any atom is 0.416 e. The van der Waals surface area contributed by atoms with Crippen molar-refractivity contribution in [1.29, 1.82) is 0 Å². The van der Waals surface area contributed by atoms with E-state index in [1.165, 1.54) is 0 Å². The Morgan fingerprint density at radius 2 is 1.90 bits per heavy atom. The van der Waals surface area contributed by atoms with Crippen LogP contribution in [-0.2, 0) is 39.9 Å². The first kappa shape index (κ1) is 29.3. The van der Waals surface area contributed by atoms with Crippen LogP contribution in [0.15, 0.2) is 29.3 Å². The Morgan fingerprint density at radius 1 is 1.18 bits per heavy atom. The second kappa shape index (κ2) is 11.1. The Kier molecular flexibility index (Phi) is 8.34. The molecule has 13 heteroatoms. The lowest BCUT2D eigenvalue weighted by Gasteiger charge is -2.21. The largest absolute Gasteiger partial charge is 0.491 e. The van der Waals surface area contributed by atoms with Crippen molar-refractivity contribution in [2.24, 2.45) is 12.0 Å². The van der Waals surface area contributed by atoms with Crippen molar-refractivity contribution in [3.8, 4) is 5.75 Å². The number of ether oxygens (including phenoxy) is 2. The van der Waals surface area contributed by atoms with Gasteiger partial charge in [0.2, 0.25) is 10.0 Å². The van der Waals surface area contributed by atoms with E-state index in [1.54, 1.807) is 10.7 Å². The number of benzene rings is 1. The summed E-state index contributed by atoms with van der Waals surface area (Å²) in [5.74, 6) is -1.01. The van der Waals surface area contributed by atoms with Gasteiger partial charge in [-0.15, -0.1) is 0 Å². The highest BCUT2D eigenvalue weighted by Crippen LogP contribution is 2.33. The normalized spacial score (nSPS) is 19.1. The Balaban J connectivity index is 1.66. The Labute approximate surface area is 226 Å². The molecule has 1 atom stereocenters. The van der Waals surface area contributed by atoms with E-state index in [2.05, 4.69) is 9.71 Å². The fourth-order valence-electron chi connectivity index (χ4n) is 4.57. The van der Waals surface area contributed by atoms with Crippen LogP contribution in [0.1, 0.15) is 68.1 Å². The average molecular weight is 573 g/mol. The molecule has 2 heterocycles. The number of hydrogen-bond acceptors (Lipinski definition) is 5. The first-order valence-corrected chi connectivity index (χ1v) is 14.5. The van der Waals surface area contributed by atoms with Gasteiger partial charge in [-0.2, -0.15) is 18.2 Å². The van der Waals surface area contributed by atoms with Gasteiger partial charge in [0, 0.05) is 37.4 Å².